The first-order valence-electron chi connectivity index (χ1n) is 5.75. The second-order valence-electron chi connectivity index (χ2n) is 4.13. The zero-order valence-electron chi connectivity index (χ0n) is 10.6. The van der Waals surface area contributed by atoms with E-state index in [1.807, 2.05) is 0 Å². The summed E-state index contributed by atoms with van der Waals surface area (Å²) in [6.07, 6.45) is 0. The van der Waals surface area contributed by atoms with Gasteiger partial charge in [-0.25, -0.2) is 14.2 Å². The lowest BCUT2D eigenvalue weighted by Gasteiger charge is -2.07. The van der Waals surface area contributed by atoms with Gasteiger partial charge in [-0.15, -0.1) is 0 Å². The first-order valence-corrected chi connectivity index (χ1v) is 5.75. The lowest BCUT2D eigenvalue weighted by atomic mass is 10.1. The maximum atomic E-state index is 13.1. The van der Waals surface area contributed by atoms with E-state index in [-0.39, 0.29) is 17.1 Å². The molecule has 2 aromatic rings. The van der Waals surface area contributed by atoms with Crippen LogP contribution in [0.5, 0.6) is 0 Å². The molecule has 2 N–H and O–H groups in total. The van der Waals surface area contributed by atoms with Gasteiger partial charge in [-0.2, -0.15) is 0 Å². The maximum absolute atomic E-state index is 13.1. The number of nitrogens with one attached hydrogen (secondary N) is 1. The molecule has 5 nitrogen and oxygen atoms in total. The molecule has 0 bridgehead atoms. The molecule has 0 aliphatic heterocycles. The summed E-state index contributed by atoms with van der Waals surface area (Å²) < 4.78 is 13.1. The number of carbonyl (C=O) groups excluding carboxylic acids is 1. The molecular formula is C14H11FN2O3. The number of amides is 1. The van der Waals surface area contributed by atoms with Gasteiger partial charge in [-0.05, 0) is 36.8 Å². The van der Waals surface area contributed by atoms with Gasteiger partial charge < -0.3 is 10.4 Å². The minimum Gasteiger partial charge on any atom is -0.477 e. The molecule has 1 heterocycles. The van der Waals surface area contributed by atoms with E-state index < -0.39 is 17.7 Å². The summed E-state index contributed by atoms with van der Waals surface area (Å²) in [5.74, 6) is -2.16. The normalized spacial score (nSPS) is 10.1. The molecular weight excluding hydrogens is 263 g/mol. The minimum absolute atomic E-state index is 0.0959. The Morgan fingerprint density at radius 2 is 2.00 bits per heavy atom. The van der Waals surface area contributed by atoms with Crippen molar-refractivity contribution >= 4 is 17.7 Å². The van der Waals surface area contributed by atoms with E-state index in [4.69, 9.17) is 5.11 Å². The van der Waals surface area contributed by atoms with Gasteiger partial charge in [0.15, 0.2) is 5.69 Å². The first-order chi connectivity index (χ1) is 9.47. The number of anilines is 1. The Bertz CT molecular complexity index is 686. The molecule has 0 unspecified atom stereocenters. The summed E-state index contributed by atoms with van der Waals surface area (Å²) in [5.41, 5.74) is 0.601. The van der Waals surface area contributed by atoms with Crippen LogP contribution in [0.4, 0.5) is 10.2 Å². The zero-order valence-corrected chi connectivity index (χ0v) is 10.6. The molecule has 1 amide bonds. The van der Waals surface area contributed by atoms with Gasteiger partial charge >= 0.3 is 5.97 Å². The van der Waals surface area contributed by atoms with E-state index in [0.717, 1.165) is 6.07 Å². The minimum atomic E-state index is -1.19. The quantitative estimate of drug-likeness (QED) is 0.901. The van der Waals surface area contributed by atoms with E-state index in [1.165, 1.54) is 30.3 Å². The van der Waals surface area contributed by atoms with Crippen LogP contribution in [0.3, 0.4) is 0 Å². The molecule has 1 aromatic heterocycles. The maximum Gasteiger partial charge on any atom is 0.354 e. The van der Waals surface area contributed by atoms with Gasteiger partial charge in [0.05, 0.1) is 0 Å². The van der Waals surface area contributed by atoms with Crippen LogP contribution >= 0.6 is 0 Å². The average Bonchev–Trinajstić information content (AvgIpc) is 2.41. The summed E-state index contributed by atoms with van der Waals surface area (Å²) in [5, 5.41) is 11.3. The molecule has 0 spiro atoms. The summed E-state index contributed by atoms with van der Waals surface area (Å²) in [7, 11) is 0. The molecule has 6 heteroatoms. The van der Waals surface area contributed by atoms with Crippen molar-refractivity contribution in [1.82, 2.24) is 4.98 Å². The summed E-state index contributed by atoms with van der Waals surface area (Å²) in [6, 6.07) is 8.10. The molecule has 0 saturated heterocycles. The number of pyridine rings is 1. The number of hydrogen-bond acceptors (Lipinski definition) is 3. The van der Waals surface area contributed by atoms with Crippen LogP contribution in [0.25, 0.3) is 0 Å². The number of carbonyl (C=O) groups is 2. The van der Waals surface area contributed by atoms with Crippen molar-refractivity contribution in [3.05, 3.63) is 59.0 Å². The van der Waals surface area contributed by atoms with E-state index >= 15 is 0 Å². The Kier molecular flexibility index (Phi) is 3.74. The second-order valence-corrected chi connectivity index (χ2v) is 4.13. The Balaban J connectivity index is 2.25. The van der Waals surface area contributed by atoms with Gasteiger partial charge in [0.2, 0.25) is 0 Å². The number of carboxylic acids is 1. The van der Waals surface area contributed by atoms with E-state index in [0.29, 0.717) is 5.56 Å². The molecule has 2 rings (SSSR count). The number of aromatic nitrogens is 1. The van der Waals surface area contributed by atoms with Crippen LogP contribution in [0.15, 0.2) is 36.4 Å². The molecule has 0 saturated carbocycles. The van der Waals surface area contributed by atoms with Gasteiger partial charge in [0, 0.05) is 5.56 Å². The fraction of sp³-hybridized carbons (Fsp3) is 0.0714. The van der Waals surface area contributed by atoms with Crippen molar-refractivity contribution in [1.29, 1.82) is 0 Å². The number of aryl methyl sites for hydroxylation is 1. The number of aromatic carboxylic acids is 1. The fourth-order valence-electron chi connectivity index (χ4n) is 1.65. The van der Waals surface area contributed by atoms with Crippen LogP contribution in [0.1, 0.15) is 26.4 Å². The van der Waals surface area contributed by atoms with Crippen molar-refractivity contribution in [3.63, 3.8) is 0 Å². The molecule has 0 fully saturated rings. The fourth-order valence-corrected chi connectivity index (χ4v) is 1.65. The van der Waals surface area contributed by atoms with E-state index in [1.54, 1.807) is 6.92 Å². The Morgan fingerprint density at radius 3 is 2.70 bits per heavy atom. The predicted octanol–water partition coefficient (Wildman–Crippen LogP) is 2.48. The lowest BCUT2D eigenvalue weighted by molar-refractivity contribution is 0.0690. The lowest BCUT2D eigenvalue weighted by Crippen LogP contribution is -2.15. The monoisotopic (exact) mass is 274 g/mol. The topological polar surface area (TPSA) is 79.3 Å². The highest BCUT2D eigenvalue weighted by molar-refractivity contribution is 6.05. The van der Waals surface area contributed by atoms with Gasteiger partial charge in [0.25, 0.3) is 5.91 Å². The molecule has 0 aliphatic carbocycles. The van der Waals surface area contributed by atoms with Crippen LogP contribution < -0.4 is 5.32 Å². The highest BCUT2D eigenvalue weighted by atomic mass is 19.1. The standard InChI is InChI=1S/C14H11FN2O3/c1-8-5-6-9(15)7-10(8)13(18)17-12-4-2-3-11(16-12)14(19)20/h2-7H,1H3,(H,19,20)(H,16,17,18). The Morgan fingerprint density at radius 1 is 1.25 bits per heavy atom. The first kappa shape index (κ1) is 13.7. The summed E-state index contributed by atoms with van der Waals surface area (Å²) in [6.45, 7) is 1.68. The predicted molar refractivity (Wildman–Crippen MR) is 70.3 cm³/mol. The molecule has 20 heavy (non-hydrogen) atoms. The van der Waals surface area contributed by atoms with Crippen LogP contribution in [0, 0.1) is 12.7 Å². The van der Waals surface area contributed by atoms with E-state index in [9.17, 15) is 14.0 Å². The smallest absolute Gasteiger partial charge is 0.354 e. The Hall–Kier alpha value is -2.76. The molecule has 0 atom stereocenters. The van der Waals surface area contributed by atoms with Gasteiger partial charge in [-0.3, -0.25) is 4.79 Å². The number of carboxylic acid groups (broad SMARTS) is 1. The largest absolute Gasteiger partial charge is 0.477 e. The number of hydrogen-bond donors (Lipinski definition) is 2. The van der Waals surface area contributed by atoms with Crippen molar-refractivity contribution < 1.29 is 19.1 Å². The molecule has 102 valence electrons. The SMILES string of the molecule is Cc1ccc(F)cc1C(=O)Nc1cccc(C(=O)O)n1. The van der Waals surface area contributed by atoms with Crippen LogP contribution in [-0.2, 0) is 0 Å². The summed E-state index contributed by atoms with van der Waals surface area (Å²) in [4.78, 5) is 26.6. The van der Waals surface area contributed by atoms with Gasteiger partial charge in [-0.1, -0.05) is 12.1 Å². The average molecular weight is 274 g/mol. The molecule has 1 aromatic carbocycles. The van der Waals surface area contributed by atoms with Crippen molar-refractivity contribution in [2.24, 2.45) is 0 Å². The van der Waals surface area contributed by atoms with Gasteiger partial charge in [0.1, 0.15) is 11.6 Å². The zero-order chi connectivity index (χ0) is 14.7. The highest BCUT2D eigenvalue weighted by Gasteiger charge is 2.12. The van der Waals surface area contributed by atoms with Crippen LogP contribution in [0.2, 0.25) is 0 Å². The third-order valence-electron chi connectivity index (χ3n) is 2.65. The highest BCUT2D eigenvalue weighted by Crippen LogP contribution is 2.13. The van der Waals surface area contributed by atoms with Crippen LogP contribution in [-0.4, -0.2) is 22.0 Å². The van der Waals surface area contributed by atoms with Crippen molar-refractivity contribution in [2.45, 2.75) is 6.92 Å². The third-order valence-corrected chi connectivity index (χ3v) is 2.65. The van der Waals surface area contributed by atoms with Crippen molar-refractivity contribution in [2.75, 3.05) is 5.32 Å². The second kappa shape index (κ2) is 5.48. The number of halogens is 1. The number of nitrogens with zero attached hydrogens (tertiary/aromatic N) is 1. The summed E-state index contributed by atoms with van der Waals surface area (Å²) >= 11 is 0. The molecule has 0 radical (unpaired) electrons. The Labute approximate surface area is 114 Å². The number of rotatable bonds is 3. The van der Waals surface area contributed by atoms with Crippen molar-refractivity contribution in [3.8, 4) is 0 Å². The molecule has 0 aliphatic rings. The number of benzene rings is 1. The van der Waals surface area contributed by atoms with E-state index in [2.05, 4.69) is 10.3 Å². The third kappa shape index (κ3) is 2.97.